The van der Waals surface area contributed by atoms with Crippen LogP contribution in [0.2, 0.25) is 5.02 Å². The highest BCUT2D eigenvalue weighted by atomic mass is 35.5. The van der Waals surface area contributed by atoms with Crippen molar-refractivity contribution >= 4 is 17.5 Å². The van der Waals surface area contributed by atoms with Crippen molar-refractivity contribution in [2.75, 3.05) is 13.1 Å². The van der Waals surface area contributed by atoms with Gasteiger partial charge in [-0.2, -0.15) is 0 Å². The molecule has 3 nitrogen and oxygen atoms in total. The number of nitrogens with zero attached hydrogens (tertiary/aromatic N) is 1. The lowest BCUT2D eigenvalue weighted by Crippen LogP contribution is -2.31. The second kappa shape index (κ2) is 7.09. The minimum atomic E-state index is -0.0275. The fourth-order valence-corrected chi connectivity index (χ4v) is 2.80. The number of unbranched alkanes of at least 4 members (excludes halogenated alkanes) is 1. The van der Waals surface area contributed by atoms with Crippen LogP contribution in [-0.2, 0) is 4.79 Å². The molecule has 110 valence electrons. The number of carbonyl (C=O) groups is 1. The summed E-state index contributed by atoms with van der Waals surface area (Å²) in [5.74, 6) is 0.908. The van der Waals surface area contributed by atoms with E-state index < -0.39 is 0 Å². The molecule has 1 unspecified atom stereocenters. The Hall–Kier alpha value is -1.06. The largest absolute Gasteiger partial charge is 0.322 e. The topological polar surface area (TPSA) is 32.3 Å². The highest BCUT2D eigenvalue weighted by molar-refractivity contribution is 6.30. The molecule has 0 radical (unpaired) electrons. The average molecular weight is 295 g/mol. The van der Waals surface area contributed by atoms with Gasteiger partial charge in [-0.05, 0) is 30.0 Å². The monoisotopic (exact) mass is 294 g/mol. The third kappa shape index (κ3) is 3.97. The molecule has 0 aromatic heterocycles. The molecule has 0 bridgehead atoms. The summed E-state index contributed by atoms with van der Waals surface area (Å²) < 4.78 is 0. The SMILES string of the molecule is CC(C)CCCCN1C(=O)CNC1c1cccc(Cl)c1. The summed E-state index contributed by atoms with van der Waals surface area (Å²) in [5.41, 5.74) is 1.06. The number of rotatable bonds is 6. The van der Waals surface area contributed by atoms with Crippen LogP contribution in [0.4, 0.5) is 0 Å². The van der Waals surface area contributed by atoms with Gasteiger partial charge in [0.2, 0.25) is 5.91 Å². The van der Waals surface area contributed by atoms with Gasteiger partial charge in [-0.3, -0.25) is 10.1 Å². The first-order valence-corrected chi connectivity index (χ1v) is 7.74. The van der Waals surface area contributed by atoms with Gasteiger partial charge in [0, 0.05) is 11.6 Å². The number of carbonyl (C=O) groups excluding carboxylic acids is 1. The van der Waals surface area contributed by atoms with Crippen molar-refractivity contribution in [3.63, 3.8) is 0 Å². The molecule has 20 heavy (non-hydrogen) atoms. The Morgan fingerprint density at radius 3 is 2.90 bits per heavy atom. The zero-order valence-corrected chi connectivity index (χ0v) is 13.0. The zero-order chi connectivity index (χ0) is 14.5. The fourth-order valence-electron chi connectivity index (χ4n) is 2.60. The molecule has 1 atom stereocenters. The first-order valence-electron chi connectivity index (χ1n) is 7.36. The predicted octanol–water partition coefficient (Wildman–Crippen LogP) is 3.60. The van der Waals surface area contributed by atoms with Crippen LogP contribution in [0.25, 0.3) is 0 Å². The maximum atomic E-state index is 12.0. The lowest BCUT2D eigenvalue weighted by Gasteiger charge is -2.25. The molecule has 0 saturated carbocycles. The van der Waals surface area contributed by atoms with Gasteiger partial charge in [-0.15, -0.1) is 0 Å². The van der Waals surface area contributed by atoms with Crippen LogP contribution in [0.5, 0.6) is 0 Å². The Morgan fingerprint density at radius 1 is 1.40 bits per heavy atom. The van der Waals surface area contributed by atoms with E-state index in [4.69, 9.17) is 11.6 Å². The van der Waals surface area contributed by atoms with Crippen molar-refractivity contribution in [3.8, 4) is 0 Å². The molecular formula is C16H23ClN2O. The Labute approximate surface area is 126 Å². The van der Waals surface area contributed by atoms with Crippen LogP contribution in [0.15, 0.2) is 24.3 Å². The Balaban J connectivity index is 1.96. The summed E-state index contributed by atoms with van der Waals surface area (Å²) in [6.07, 6.45) is 3.42. The normalized spacial score (nSPS) is 19.1. The van der Waals surface area contributed by atoms with E-state index in [1.54, 1.807) is 0 Å². The van der Waals surface area contributed by atoms with Gasteiger partial charge in [0.1, 0.15) is 6.17 Å². The Morgan fingerprint density at radius 2 is 2.20 bits per heavy atom. The van der Waals surface area contributed by atoms with Crippen LogP contribution < -0.4 is 5.32 Å². The first kappa shape index (κ1) is 15.3. The smallest absolute Gasteiger partial charge is 0.238 e. The van der Waals surface area contributed by atoms with Gasteiger partial charge >= 0.3 is 0 Å². The van der Waals surface area contributed by atoms with Crippen molar-refractivity contribution in [2.45, 2.75) is 39.3 Å². The van der Waals surface area contributed by atoms with Crippen LogP contribution >= 0.6 is 11.6 Å². The van der Waals surface area contributed by atoms with Gasteiger partial charge in [0.05, 0.1) is 6.54 Å². The van der Waals surface area contributed by atoms with E-state index >= 15 is 0 Å². The van der Waals surface area contributed by atoms with Gasteiger partial charge in [0.15, 0.2) is 0 Å². The molecule has 1 aromatic carbocycles. The molecule has 1 saturated heterocycles. The number of hydrogen-bond donors (Lipinski definition) is 1. The van der Waals surface area contributed by atoms with E-state index in [-0.39, 0.29) is 12.1 Å². The average Bonchev–Trinajstić information content (AvgIpc) is 2.76. The van der Waals surface area contributed by atoms with E-state index in [0.717, 1.165) is 24.4 Å². The quantitative estimate of drug-likeness (QED) is 0.813. The fraction of sp³-hybridized carbons (Fsp3) is 0.562. The summed E-state index contributed by atoms with van der Waals surface area (Å²) in [7, 11) is 0. The molecule has 1 aliphatic rings. The number of amides is 1. The second-order valence-corrected chi connectivity index (χ2v) is 6.25. The molecule has 0 spiro atoms. The summed E-state index contributed by atoms with van der Waals surface area (Å²) >= 11 is 6.04. The minimum absolute atomic E-state index is 0.0275. The van der Waals surface area contributed by atoms with Gasteiger partial charge in [-0.25, -0.2) is 0 Å². The Bertz CT molecular complexity index is 462. The second-order valence-electron chi connectivity index (χ2n) is 5.82. The predicted molar refractivity (Wildman–Crippen MR) is 82.6 cm³/mol. The van der Waals surface area contributed by atoms with E-state index in [0.29, 0.717) is 11.6 Å². The molecule has 4 heteroatoms. The third-order valence-corrected chi connectivity index (χ3v) is 3.91. The minimum Gasteiger partial charge on any atom is -0.322 e. The summed E-state index contributed by atoms with van der Waals surface area (Å²) in [5, 5.41) is 3.98. The maximum Gasteiger partial charge on any atom is 0.238 e. The lowest BCUT2D eigenvalue weighted by atomic mass is 10.1. The molecule has 1 fully saturated rings. The first-order chi connectivity index (χ1) is 9.58. The van der Waals surface area contributed by atoms with Crippen LogP contribution in [0, 0.1) is 5.92 Å². The summed E-state index contributed by atoms with van der Waals surface area (Å²) in [4.78, 5) is 13.9. The maximum absolute atomic E-state index is 12.0. The van der Waals surface area contributed by atoms with Crippen molar-refractivity contribution in [3.05, 3.63) is 34.9 Å². The van der Waals surface area contributed by atoms with E-state index in [2.05, 4.69) is 19.2 Å². The van der Waals surface area contributed by atoms with Crippen molar-refractivity contribution in [1.29, 1.82) is 0 Å². The van der Waals surface area contributed by atoms with Crippen LogP contribution in [-0.4, -0.2) is 23.9 Å². The number of benzene rings is 1. The highest BCUT2D eigenvalue weighted by Crippen LogP contribution is 2.25. The van der Waals surface area contributed by atoms with Gasteiger partial charge < -0.3 is 4.90 Å². The summed E-state index contributed by atoms with van der Waals surface area (Å²) in [6.45, 7) is 5.70. The number of nitrogens with one attached hydrogen (secondary N) is 1. The standard InChI is InChI=1S/C16H23ClN2O/c1-12(2)6-3-4-9-19-15(20)11-18-16(19)13-7-5-8-14(17)10-13/h5,7-8,10,12,16,18H,3-4,6,9,11H2,1-2H3. The highest BCUT2D eigenvalue weighted by Gasteiger charge is 2.30. The molecule has 1 aliphatic heterocycles. The van der Waals surface area contributed by atoms with Crippen LogP contribution in [0.3, 0.4) is 0 Å². The zero-order valence-electron chi connectivity index (χ0n) is 12.2. The van der Waals surface area contributed by atoms with E-state index in [9.17, 15) is 4.79 Å². The molecular weight excluding hydrogens is 272 g/mol. The van der Waals surface area contributed by atoms with Crippen LogP contribution in [0.1, 0.15) is 44.8 Å². The van der Waals surface area contributed by atoms with E-state index in [1.807, 2.05) is 29.2 Å². The van der Waals surface area contributed by atoms with Gasteiger partial charge in [0.25, 0.3) is 0 Å². The van der Waals surface area contributed by atoms with Crippen molar-refractivity contribution < 1.29 is 4.79 Å². The number of hydrogen-bond acceptors (Lipinski definition) is 2. The third-order valence-electron chi connectivity index (χ3n) is 3.67. The molecule has 1 N–H and O–H groups in total. The van der Waals surface area contributed by atoms with Crippen molar-refractivity contribution in [2.24, 2.45) is 5.92 Å². The lowest BCUT2D eigenvalue weighted by molar-refractivity contribution is -0.128. The molecule has 1 aromatic rings. The molecule has 0 aliphatic carbocycles. The molecule has 1 amide bonds. The van der Waals surface area contributed by atoms with Crippen molar-refractivity contribution in [1.82, 2.24) is 10.2 Å². The van der Waals surface area contributed by atoms with Gasteiger partial charge in [-0.1, -0.05) is 50.4 Å². The molecule has 1 heterocycles. The Kier molecular flexibility index (Phi) is 5.44. The van der Waals surface area contributed by atoms with E-state index in [1.165, 1.54) is 12.8 Å². The summed E-state index contributed by atoms with van der Waals surface area (Å²) in [6, 6.07) is 7.73. The number of halogens is 1. The molecule has 2 rings (SSSR count).